The molecule has 0 radical (unpaired) electrons. The van der Waals surface area contributed by atoms with Crippen LogP contribution in [0.3, 0.4) is 0 Å². The van der Waals surface area contributed by atoms with Gasteiger partial charge in [0.15, 0.2) is 0 Å². The Balaban J connectivity index is 0.000000323. The molecular formula is C29H39NO. The molecule has 2 heteroatoms. The van der Waals surface area contributed by atoms with Crippen molar-refractivity contribution in [1.29, 1.82) is 0 Å². The van der Waals surface area contributed by atoms with E-state index in [1.165, 1.54) is 70.6 Å². The first-order chi connectivity index (χ1) is 15.2. The van der Waals surface area contributed by atoms with Crippen LogP contribution in [-0.4, -0.2) is 11.9 Å². The zero-order valence-corrected chi connectivity index (χ0v) is 19.6. The molecule has 4 rings (SSSR count). The molecule has 0 unspecified atom stereocenters. The van der Waals surface area contributed by atoms with Crippen molar-refractivity contribution in [1.82, 2.24) is 5.32 Å². The summed E-state index contributed by atoms with van der Waals surface area (Å²) < 4.78 is 0. The van der Waals surface area contributed by atoms with Crippen LogP contribution in [0.1, 0.15) is 97.3 Å². The minimum absolute atomic E-state index is 0.339. The van der Waals surface area contributed by atoms with E-state index < -0.39 is 0 Å². The lowest BCUT2D eigenvalue weighted by molar-refractivity contribution is -0.125. The number of carbonyl (C=O) groups excluding carboxylic acids is 1. The molecule has 0 atom stereocenters. The van der Waals surface area contributed by atoms with Crippen molar-refractivity contribution in [3.63, 3.8) is 0 Å². The van der Waals surface area contributed by atoms with E-state index in [-0.39, 0.29) is 0 Å². The van der Waals surface area contributed by atoms with Crippen molar-refractivity contribution >= 4 is 5.91 Å². The fraction of sp³-hybridized carbons (Fsp3) is 0.690. The Labute approximate surface area is 191 Å². The molecule has 0 heterocycles. The van der Waals surface area contributed by atoms with Crippen LogP contribution in [0.5, 0.6) is 0 Å². The summed E-state index contributed by atoms with van der Waals surface area (Å²) >= 11 is 0. The Morgan fingerprint density at radius 1 is 0.806 bits per heavy atom. The molecule has 31 heavy (non-hydrogen) atoms. The summed E-state index contributed by atoms with van der Waals surface area (Å²) in [5.74, 6) is 20.9. The van der Waals surface area contributed by atoms with Gasteiger partial charge in [0, 0.05) is 12.5 Å². The van der Waals surface area contributed by atoms with Crippen LogP contribution in [0.15, 0.2) is 0 Å². The zero-order chi connectivity index (χ0) is 22.3. The Morgan fingerprint density at radius 3 is 1.94 bits per heavy atom. The topological polar surface area (TPSA) is 29.1 Å². The summed E-state index contributed by atoms with van der Waals surface area (Å²) in [4.78, 5) is 12.3. The van der Waals surface area contributed by atoms with E-state index in [4.69, 9.17) is 6.42 Å². The molecule has 1 amide bonds. The van der Waals surface area contributed by atoms with Crippen LogP contribution in [0.2, 0.25) is 0 Å². The first-order valence-electron chi connectivity index (χ1n) is 12.3. The Kier molecular flexibility index (Phi) is 11.8. The number of rotatable bonds is 9. The third-order valence-corrected chi connectivity index (χ3v) is 7.01. The van der Waals surface area contributed by atoms with Crippen LogP contribution >= 0.6 is 0 Å². The number of amides is 1. The van der Waals surface area contributed by atoms with Crippen molar-refractivity contribution in [2.24, 2.45) is 23.7 Å². The number of unbranched alkanes of at least 4 members (excludes halogenated alkanes) is 6. The third-order valence-electron chi connectivity index (χ3n) is 7.01. The van der Waals surface area contributed by atoms with Gasteiger partial charge in [0.2, 0.25) is 5.91 Å². The first kappa shape index (κ1) is 25.0. The first-order valence-corrected chi connectivity index (χ1v) is 12.3. The number of nitrogens with one attached hydrogen (secondary N) is 1. The fourth-order valence-corrected chi connectivity index (χ4v) is 5.85. The summed E-state index contributed by atoms with van der Waals surface area (Å²) in [6.45, 7) is 3.97. The van der Waals surface area contributed by atoms with Gasteiger partial charge in [-0.05, 0) is 105 Å². The van der Waals surface area contributed by atoms with Gasteiger partial charge in [0.25, 0.3) is 0 Å². The van der Waals surface area contributed by atoms with E-state index in [0.717, 1.165) is 36.5 Å². The highest BCUT2D eigenvalue weighted by atomic mass is 16.1. The lowest BCUT2D eigenvalue weighted by Crippen LogP contribution is -2.55. The highest BCUT2D eigenvalue weighted by Crippen LogP contribution is 2.53. The summed E-state index contributed by atoms with van der Waals surface area (Å²) in [7, 11) is 0. The lowest BCUT2D eigenvalue weighted by atomic mass is 9.54. The predicted octanol–water partition coefficient (Wildman–Crippen LogP) is 5.72. The second-order valence-corrected chi connectivity index (χ2v) is 9.41. The van der Waals surface area contributed by atoms with E-state index in [0.29, 0.717) is 11.9 Å². The van der Waals surface area contributed by atoms with E-state index in [2.05, 4.69) is 53.7 Å². The summed E-state index contributed by atoms with van der Waals surface area (Å²) in [6.07, 6.45) is 21.7. The molecule has 0 aliphatic heterocycles. The van der Waals surface area contributed by atoms with Crippen LogP contribution in [0, 0.1) is 71.5 Å². The predicted molar refractivity (Wildman–Crippen MR) is 129 cm³/mol. The second-order valence-electron chi connectivity index (χ2n) is 9.41. The maximum atomic E-state index is 12.3. The van der Waals surface area contributed by atoms with Gasteiger partial charge in [-0.1, -0.05) is 51.4 Å². The number of terminal acetylenes is 1. The molecule has 4 aliphatic rings. The highest BCUT2D eigenvalue weighted by molar-refractivity contribution is 5.76. The molecular weight excluding hydrogens is 378 g/mol. The number of carbonyl (C=O) groups is 1. The molecule has 2 nitrogen and oxygen atoms in total. The Morgan fingerprint density at radius 2 is 1.35 bits per heavy atom. The quantitative estimate of drug-likeness (QED) is 0.377. The van der Waals surface area contributed by atoms with E-state index in [9.17, 15) is 4.79 Å². The van der Waals surface area contributed by atoms with Crippen LogP contribution < -0.4 is 5.32 Å². The van der Waals surface area contributed by atoms with Crippen molar-refractivity contribution in [2.75, 3.05) is 0 Å². The Hall–Kier alpha value is -2.29. The molecule has 0 aromatic carbocycles. The molecule has 4 fully saturated rings. The summed E-state index contributed by atoms with van der Waals surface area (Å²) in [5.41, 5.74) is 0. The van der Waals surface area contributed by atoms with Gasteiger partial charge in [0.1, 0.15) is 0 Å². The van der Waals surface area contributed by atoms with E-state index >= 15 is 0 Å². The van der Waals surface area contributed by atoms with Gasteiger partial charge in [-0.25, -0.2) is 0 Å². The lowest BCUT2D eigenvalue weighted by Gasteiger charge is -2.54. The van der Waals surface area contributed by atoms with Gasteiger partial charge in [-0.3, -0.25) is 4.79 Å². The van der Waals surface area contributed by atoms with E-state index in [1.807, 2.05) is 0 Å². The number of hydrogen-bond donors (Lipinski definition) is 1. The summed E-state index contributed by atoms with van der Waals surface area (Å²) in [5, 5.41) is 3.43. The minimum Gasteiger partial charge on any atom is -0.353 e. The van der Waals surface area contributed by atoms with Gasteiger partial charge in [0.05, 0.1) is 0 Å². The molecule has 0 spiro atoms. The van der Waals surface area contributed by atoms with Gasteiger partial charge >= 0.3 is 0 Å². The molecule has 4 bridgehead atoms. The molecule has 0 aromatic heterocycles. The molecule has 1 N–H and O–H groups in total. The molecule has 166 valence electrons. The molecule has 4 saturated carbocycles. The van der Waals surface area contributed by atoms with Crippen LogP contribution in [0.4, 0.5) is 0 Å². The van der Waals surface area contributed by atoms with E-state index in [1.54, 1.807) is 6.92 Å². The second kappa shape index (κ2) is 14.7. The highest BCUT2D eigenvalue weighted by Gasteiger charge is 2.48. The number of hydrogen-bond acceptors (Lipinski definition) is 1. The maximum absolute atomic E-state index is 12.3. The van der Waals surface area contributed by atoms with Crippen molar-refractivity contribution < 1.29 is 4.79 Å². The fourth-order valence-electron chi connectivity index (χ4n) is 5.85. The van der Waals surface area contributed by atoms with Crippen LogP contribution in [-0.2, 0) is 4.79 Å². The molecule has 0 aromatic rings. The average molecular weight is 418 g/mol. The standard InChI is InChI=1S/C20H35NO.C9H4/c1-2-3-4-5-6-7-8-9-19(22)21-20-17-11-15-10-16(13-17)14-18(20)12-15;1-3-5-7-9-8-6-4-2/h15-18,20H,2-14H2,1H3,(H,21,22);1H,2H3. The van der Waals surface area contributed by atoms with Crippen molar-refractivity contribution in [3.8, 4) is 47.9 Å². The average Bonchev–Trinajstić information content (AvgIpc) is 2.75. The monoisotopic (exact) mass is 417 g/mol. The van der Waals surface area contributed by atoms with Crippen LogP contribution in [0.25, 0.3) is 0 Å². The van der Waals surface area contributed by atoms with Crippen molar-refractivity contribution in [3.05, 3.63) is 0 Å². The summed E-state index contributed by atoms with van der Waals surface area (Å²) in [6, 6.07) is 0.532. The molecule has 4 aliphatic carbocycles. The zero-order valence-electron chi connectivity index (χ0n) is 19.6. The van der Waals surface area contributed by atoms with Gasteiger partial charge < -0.3 is 5.32 Å². The Bertz CT molecular complexity index is 754. The minimum atomic E-state index is 0.339. The smallest absolute Gasteiger partial charge is 0.220 e. The SMILES string of the molecule is C#CC#CC#CC#CC.CCCCCCCCCC(=O)NC1C2CC3CC(C2)CC1C3. The van der Waals surface area contributed by atoms with Gasteiger partial charge in [-0.2, -0.15) is 0 Å². The molecule has 0 saturated heterocycles. The third kappa shape index (κ3) is 9.16. The maximum Gasteiger partial charge on any atom is 0.220 e. The van der Waals surface area contributed by atoms with Gasteiger partial charge in [-0.15, -0.1) is 6.42 Å². The normalized spacial score (nSPS) is 26.4. The largest absolute Gasteiger partial charge is 0.353 e. The van der Waals surface area contributed by atoms with Crippen molar-refractivity contribution in [2.45, 2.75) is 103 Å².